The molecule has 37 heavy (non-hydrogen) atoms. The van der Waals surface area contributed by atoms with Crippen molar-refractivity contribution in [3.05, 3.63) is 89.5 Å². The van der Waals surface area contributed by atoms with E-state index in [1.54, 1.807) is 18.2 Å². The number of nitrogens with one attached hydrogen (secondary N) is 2. The molecular weight excluding hydrogens is 484 g/mol. The number of rotatable bonds is 11. The van der Waals surface area contributed by atoms with Crippen LogP contribution >= 0.6 is 0 Å². The minimum atomic E-state index is -3.45. The van der Waals surface area contributed by atoms with Crippen molar-refractivity contribution in [1.82, 2.24) is 9.88 Å². The van der Waals surface area contributed by atoms with Crippen LogP contribution in [0.4, 0.5) is 11.4 Å². The van der Waals surface area contributed by atoms with Gasteiger partial charge >= 0.3 is 0 Å². The maximum absolute atomic E-state index is 11.8. The zero-order valence-electron chi connectivity index (χ0n) is 21.5. The number of aromatic amines is 1. The summed E-state index contributed by atoms with van der Waals surface area (Å²) in [6.07, 6.45) is 3.35. The first-order chi connectivity index (χ1) is 17.8. The van der Waals surface area contributed by atoms with Gasteiger partial charge in [0, 0.05) is 28.7 Å². The lowest BCUT2D eigenvalue weighted by atomic mass is 10.0. The van der Waals surface area contributed by atoms with E-state index in [1.165, 1.54) is 5.56 Å². The average molecular weight is 519 g/mol. The van der Waals surface area contributed by atoms with Gasteiger partial charge in [0.1, 0.15) is 0 Å². The molecule has 0 atom stereocenters. The number of fused-ring (bicyclic) bond motifs is 1. The van der Waals surface area contributed by atoms with E-state index in [0.29, 0.717) is 27.9 Å². The standard InChI is InChI=1S/C29H34N4O3S/c1-4-17-33(18-5-2)20-21-11-13-23(14-12-21)30-28(22-9-7-6-8-10-22)27-25-19-24(32-37(3,35)36)15-16-26(25)31-29(27)34/h6-16,19,31-32,34H,4-5,17-18,20H2,1-3H3. The first-order valence-electron chi connectivity index (χ1n) is 12.6. The zero-order chi connectivity index (χ0) is 26.4. The van der Waals surface area contributed by atoms with Crippen LogP contribution in [0.5, 0.6) is 5.88 Å². The summed E-state index contributed by atoms with van der Waals surface area (Å²) in [7, 11) is -3.45. The Bertz CT molecular complexity index is 1470. The summed E-state index contributed by atoms with van der Waals surface area (Å²) < 4.78 is 26.1. The highest BCUT2D eigenvalue weighted by Gasteiger charge is 2.19. The minimum absolute atomic E-state index is 0.0273. The number of anilines is 1. The highest BCUT2D eigenvalue weighted by atomic mass is 32.2. The molecule has 0 aliphatic carbocycles. The van der Waals surface area contributed by atoms with Gasteiger partial charge in [0.15, 0.2) is 5.88 Å². The molecule has 1 heterocycles. The fourth-order valence-corrected chi connectivity index (χ4v) is 5.08. The molecular formula is C29H34N4O3S. The summed E-state index contributed by atoms with van der Waals surface area (Å²) in [6.45, 7) is 7.44. The van der Waals surface area contributed by atoms with Crippen LogP contribution in [0.1, 0.15) is 43.4 Å². The number of nitrogens with zero attached hydrogens (tertiary/aromatic N) is 2. The number of hydrogen-bond acceptors (Lipinski definition) is 5. The van der Waals surface area contributed by atoms with E-state index in [0.717, 1.165) is 50.0 Å². The first kappa shape index (κ1) is 26.4. The minimum Gasteiger partial charge on any atom is -0.494 e. The van der Waals surface area contributed by atoms with Gasteiger partial charge in [0.2, 0.25) is 10.0 Å². The second kappa shape index (κ2) is 11.6. The smallest absolute Gasteiger partial charge is 0.229 e. The molecule has 0 aliphatic rings. The van der Waals surface area contributed by atoms with E-state index >= 15 is 0 Å². The lowest BCUT2D eigenvalue weighted by molar-refractivity contribution is 0.266. The van der Waals surface area contributed by atoms with Gasteiger partial charge in [-0.2, -0.15) is 0 Å². The molecule has 0 spiro atoms. The number of aromatic hydroxyl groups is 1. The Labute approximate surface area is 218 Å². The molecule has 7 nitrogen and oxygen atoms in total. The van der Waals surface area contributed by atoms with E-state index in [4.69, 9.17) is 4.99 Å². The van der Waals surface area contributed by atoms with Crippen LogP contribution in [0.25, 0.3) is 10.9 Å². The normalized spacial score (nSPS) is 12.4. The number of aromatic nitrogens is 1. The van der Waals surface area contributed by atoms with Crippen LogP contribution in [-0.2, 0) is 16.6 Å². The van der Waals surface area contributed by atoms with Crippen molar-refractivity contribution in [3.8, 4) is 5.88 Å². The average Bonchev–Trinajstić information content (AvgIpc) is 3.18. The third-order valence-electron chi connectivity index (χ3n) is 6.03. The second-order valence-electron chi connectivity index (χ2n) is 9.25. The molecule has 4 aromatic rings. The molecule has 0 fully saturated rings. The Morgan fingerprint density at radius 1 is 0.973 bits per heavy atom. The Hall–Kier alpha value is -3.62. The SMILES string of the molecule is CCCN(CCC)Cc1ccc(N=C(c2ccccc2)c2c(O)[nH]c3ccc(NS(C)(=O)=O)cc23)cc1. The van der Waals surface area contributed by atoms with E-state index in [9.17, 15) is 13.5 Å². The van der Waals surface area contributed by atoms with Crippen molar-refractivity contribution >= 4 is 38.0 Å². The van der Waals surface area contributed by atoms with Crippen molar-refractivity contribution in [2.45, 2.75) is 33.2 Å². The second-order valence-corrected chi connectivity index (χ2v) is 11.0. The number of H-pyrrole nitrogens is 1. The third kappa shape index (κ3) is 6.78. The summed E-state index contributed by atoms with van der Waals surface area (Å²) in [5.41, 5.74) is 5.02. The van der Waals surface area contributed by atoms with E-state index in [-0.39, 0.29) is 5.88 Å². The van der Waals surface area contributed by atoms with Crippen molar-refractivity contribution in [3.63, 3.8) is 0 Å². The fourth-order valence-electron chi connectivity index (χ4n) is 4.52. The molecule has 0 amide bonds. The fraction of sp³-hybridized carbons (Fsp3) is 0.276. The predicted octanol–water partition coefficient (Wildman–Crippen LogP) is 6.04. The lowest BCUT2D eigenvalue weighted by Crippen LogP contribution is -2.24. The van der Waals surface area contributed by atoms with Gasteiger partial charge in [0.05, 0.1) is 23.2 Å². The van der Waals surface area contributed by atoms with Crippen LogP contribution in [-0.4, -0.2) is 48.5 Å². The Morgan fingerprint density at radius 2 is 1.65 bits per heavy atom. The summed E-state index contributed by atoms with van der Waals surface area (Å²) in [5.74, 6) is -0.0273. The Balaban J connectivity index is 1.76. The molecule has 1 aromatic heterocycles. The molecule has 0 unspecified atom stereocenters. The molecule has 4 rings (SSSR count). The quantitative estimate of drug-likeness (QED) is 0.211. The van der Waals surface area contributed by atoms with Gasteiger partial charge in [0.25, 0.3) is 0 Å². The molecule has 3 N–H and O–H groups in total. The number of aliphatic imine (C=N–C) groups is 1. The largest absolute Gasteiger partial charge is 0.494 e. The topological polar surface area (TPSA) is 97.8 Å². The summed E-state index contributed by atoms with van der Waals surface area (Å²) in [4.78, 5) is 10.4. The molecule has 0 bridgehead atoms. The van der Waals surface area contributed by atoms with E-state index in [1.807, 2.05) is 42.5 Å². The van der Waals surface area contributed by atoms with Crippen molar-refractivity contribution in [2.24, 2.45) is 4.99 Å². The van der Waals surface area contributed by atoms with E-state index in [2.05, 4.69) is 40.6 Å². The van der Waals surface area contributed by atoms with Gasteiger partial charge in [-0.15, -0.1) is 0 Å². The Morgan fingerprint density at radius 3 is 2.27 bits per heavy atom. The summed E-state index contributed by atoms with van der Waals surface area (Å²) >= 11 is 0. The number of benzene rings is 3. The van der Waals surface area contributed by atoms with Crippen molar-refractivity contribution in [1.29, 1.82) is 0 Å². The number of hydrogen-bond donors (Lipinski definition) is 3. The van der Waals surface area contributed by atoms with Gasteiger partial charge in [-0.25, -0.2) is 13.4 Å². The highest BCUT2D eigenvalue weighted by molar-refractivity contribution is 7.92. The van der Waals surface area contributed by atoms with Gasteiger partial charge in [-0.3, -0.25) is 9.62 Å². The summed E-state index contributed by atoms with van der Waals surface area (Å²) in [5, 5.41) is 11.6. The van der Waals surface area contributed by atoms with Crippen LogP contribution < -0.4 is 4.72 Å². The van der Waals surface area contributed by atoms with Crippen LogP contribution in [0.15, 0.2) is 77.8 Å². The molecule has 194 valence electrons. The van der Waals surface area contributed by atoms with Gasteiger partial charge in [-0.1, -0.05) is 56.3 Å². The first-order valence-corrected chi connectivity index (χ1v) is 14.4. The van der Waals surface area contributed by atoms with Gasteiger partial charge < -0.3 is 10.1 Å². The zero-order valence-corrected chi connectivity index (χ0v) is 22.3. The third-order valence-corrected chi connectivity index (χ3v) is 6.64. The maximum atomic E-state index is 11.8. The van der Waals surface area contributed by atoms with E-state index < -0.39 is 10.0 Å². The number of sulfonamides is 1. The molecule has 0 saturated heterocycles. The molecule has 3 aromatic carbocycles. The molecule has 0 saturated carbocycles. The predicted molar refractivity (Wildman–Crippen MR) is 152 cm³/mol. The molecule has 0 aliphatic heterocycles. The summed E-state index contributed by atoms with van der Waals surface area (Å²) in [6, 6.07) is 23.0. The van der Waals surface area contributed by atoms with Crippen molar-refractivity contribution in [2.75, 3.05) is 24.1 Å². The maximum Gasteiger partial charge on any atom is 0.229 e. The lowest BCUT2D eigenvalue weighted by Gasteiger charge is -2.21. The van der Waals surface area contributed by atoms with Crippen LogP contribution in [0, 0.1) is 0 Å². The highest BCUT2D eigenvalue weighted by Crippen LogP contribution is 2.33. The van der Waals surface area contributed by atoms with Gasteiger partial charge in [-0.05, 0) is 61.8 Å². The van der Waals surface area contributed by atoms with Crippen molar-refractivity contribution < 1.29 is 13.5 Å². The van der Waals surface area contributed by atoms with Crippen LogP contribution in [0.3, 0.4) is 0 Å². The molecule has 8 heteroatoms. The van der Waals surface area contributed by atoms with Crippen LogP contribution in [0.2, 0.25) is 0 Å². The molecule has 0 radical (unpaired) electrons. The monoisotopic (exact) mass is 518 g/mol. The Kier molecular flexibility index (Phi) is 8.31.